The Balaban J connectivity index is 1.51. The van der Waals surface area contributed by atoms with Gasteiger partial charge >= 0.3 is 0 Å². The second-order valence-electron chi connectivity index (χ2n) is 10.8. The monoisotopic (exact) mass is 548 g/mol. The fourth-order valence-electron chi connectivity index (χ4n) is 6.35. The quantitative estimate of drug-likeness (QED) is 0.203. The van der Waals surface area contributed by atoms with E-state index in [1.54, 1.807) is 0 Å². The van der Waals surface area contributed by atoms with Crippen LogP contribution in [0.2, 0.25) is 0 Å². The predicted octanol–water partition coefficient (Wildman–Crippen LogP) is 10.9. The lowest BCUT2D eigenvalue weighted by Crippen LogP contribution is -1.95. The molecule has 0 radical (unpaired) electrons. The van der Waals surface area contributed by atoms with Crippen molar-refractivity contribution in [1.29, 1.82) is 0 Å². The van der Waals surface area contributed by atoms with E-state index in [4.69, 9.17) is 0 Å². The van der Waals surface area contributed by atoms with E-state index in [1.165, 1.54) is 84.9 Å². The highest BCUT2D eigenvalue weighted by molar-refractivity contribution is 7.27. The number of thiophene rings is 2. The van der Waals surface area contributed by atoms with Gasteiger partial charge in [-0.2, -0.15) is 0 Å². The van der Waals surface area contributed by atoms with Crippen LogP contribution in [0.15, 0.2) is 109 Å². The van der Waals surface area contributed by atoms with Crippen LogP contribution >= 0.6 is 22.7 Å². The summed E-state index contributed by atoms with van der Waals surface area (Å²) in [5, 5.41) is 5.26. The molecule has 190 valence electrons. The summed E-state index contributed by atoms with van der Waals surface area (Å²) in [7, 11) is 0. The molecule has 0 aliphatic rings. The van der Waals surface area contributed by atoms with Gasteiger partial charge in [0.05, 0.1) is 31.5 Å². The maximum atomic E-state index is 2.49. The average molecular weight is 549 g/mol. The molecule has 5 aromatic carbocycles. The van der Waals surface area contributed by atoms with Crippen LogP contribution in [0.1, 0.15) is 11.1 Å². The largest absolute Gasteiger partial charge is 0.308 e. The van der Waals surface area contributed by atoms with Crippen LogP contribution in [-0.4, -0.2) is 9.13 Å². The summed E-state index contributed by atoms with van der Waals surface area (Å²) >= 11 is 3.81. The Labute approximate surface area is 238 Å². The minimum Gasteiger partial charge on any atom is -0.308 e. The first-order valence-corrected chi connectivity index (χ1v) is 15.2. The third-order valence-corrected chi connectivity index (χ3v) is 10.6. The zero-order chi connectivity index (χ0) is 26.5. The maximum absolute atomic E-state index is 2.49. The number of aryl methyl sites for hydroxylation is 2. The topological polar surface area (TPSA) is 9.86 Å². The molecule has 0 bridgehead atoms. The van der Waals surface area contributed by atoms with Gasteiger partial charge in [-0.1, -0.05) is 71.8 Å². The molecule has 0 unspecified atom stereocenters. The molecule has 0 aliphatic carbocycles. The van der Waals surface area contributed by atoms with E-state index < -0.39 is 0 Å². The molecule has 0 aliphatic heterocycles. The Hall–Kier alpha value is -4.38. The van der Waals surface area contributed by atoms with E-state index >= 15 is 0 Å². The van der Waals surface area contributed by atoms with E-state index in [0.29, 0.717) is 0 Å². The summed E-state index contributed by atoms with van der Waals surface area (Å²) in [6.45, 7) is 4.31. The number of nitrogens with zero attached hydrogens (tertiary/aromatic N) is 2. The molecule has 4 heterocycles. The van der Waals surface area contributed by atoms with Crippen molar-refractivity contribution >= 4 is 85.1 Å². The number of fused-ring (bicyclic) bond motifs is 10. The Morgan fingerprint density at radius 3 is 1.27 bits per heavy atom. The van der Waals surface area contributed by atoms with Crippen molar-refractivity contribution in [1.82, 2.24) is 9.13 Å². The standard InChI is InChI=1S/C36H24N2S2/c1-21-11-15-23(16-12-21)37-29-19-28-30(20-27(29)35-33(37)25-7-3-5-9-31(25)39-35)38(24-17-13-22(2)14-18-24)34-26-8-4-6-10-32(26)40-36(28)34/h3-20H,1-2H3. The van der Waals surface area contributed by atoms with Crippen LogP contribution < -0.4 is 0 Å². The van der Waals surface area contributed by atoms with Crippen molar-refractivity contribution in [3.8, 4) is 11.4 Å². The Bertz CT molecular complexity index is 2250. The number of hydrogen-bond acceptors (Lipinski definition) is 2. The summed E-state index contributed by atoms with van der Waals surface area (Å²) in [6.07, 6.45) is 0. The molecule has 40 heavy (non-hydrogen) atoms. The summed E-state index contributed by atoms with van der Waals surface area (Å²) < 4.78 is 10.3. The first-order chi connectivity index (χ1) is 19.7. The third kappa shape index (κ3) is 2.98. The summed E-state index contributed by atoms with van der Waals surface area (Å²) in [4.78, 5) is 0. The van der Waals surface area contributed by atoms with E-state index in [0.717, 1.165) is 0 Å². The molecule has 0 atom stereocenters. The normalized spacial score (nSPS) is 12.2. The van der Waals surface area contributed by atoms with E-state index in [2.05, 4.69) is 132 Å². The predicted molar refractivity (Wildman–Crippen MR) is 175 cm³/mol. The van der Waals surface area contributed by atoms with Gasteiger partial charge in [0.15, 0.2) is 0 Å². The first kappa shape index (κ1) is 22.4. The van der Waals surface area contributed by atoms with Crippen LogP contribution in [0.5, 0.6) is 0 Å². The second-order valence-corrected chi connectivity index (χ2v) is 12.9. The van der Waals surface area contributed by atoms with Crippen molar-refractivity contribution in [2.45, 2.75) is 13.8 Å². The first-order valence-electron chi connectivity index (χ1n) is 13.6. The Kier molecular flexibility index (Phi) is 4.53. The van der Waals surface area contributed by atoms with Crippen molar-refractivity contribution in [3.05, 3.63) is 120 Å². The van der Waals surface area contributed by atoms with Crippen molar-refractivity contribution < 1.29 is 0 Å². The van der Waals surface area contributed by atoms with E-state index in [9.17, 15) is 0 Å². The molecule has 0 amide bonds. The lowest BCUT2D eigenvalue weighted by Gasteiger charge is -2.10. The smallest absolute Gasteiger partial charge is 0.0727 e. The number of benzene rings is 5. The molecule has 0 fully saturated rings. The molecule has 0 saturated carbocycles. The minimum atomic E-state index is 1.21. The molecular formula is C36H24N2S2. The van der Waals surface area contributed by atoms with Gasteiger partial charge in [-0.05, 0) is 62.4 Å². The fraction of sp³-hybridized carbons (Fsp3) is 0.0556. The summed E-state index contributed by atoms with van der Waals surface area (Å²) in [6, 6.07) is 40.5. The SMILES string of the molecule is Cc1ccc(-n2c3cc4c5sc6ccccc6c5n(-c5ccc(C)cc5)c4cc3c3sc4ccccc4c32)cc1. The molecule has 0 saturated heterocycles. The molecule has 4 aromatic heterocycles. The highest BCUT2D eigenvalue weighted by atomic mass is 32.1. The highest BCUT2D eigenvalue weighted by Gasteiger charge is 2.23. The van der Waals surface area contributed by atoms with Crippen LogP contribution in [0.25, 0.3) is 73.8 Å². The number of rotatable bonds is 2. The molecule has 9 aromatic rings. The second kappa shape index (κ2) is 8.07. The van der Waals surface area contributed by atoms with Gasteiger partial charge in [-0.25, -0.2) is 0 Å². The van der Waals surface area contributed by atoms with Crippen molar-refractivity contribution in [2.24, 2.45) is 0 Å². The molecule has 2 nitrogen and oxygen atoms in total. The average Bonchev–Trinajstić information content (AvgIpc) is 3.70. The van der Waals surface area contributed by atoms with Crippen LogP contribution in [0.3, 0.4) is 0 Å². The zero-order valence-corrected chi connectivity index (χ0v) is 23.7. The van der Waals surface area contributed by atoms with Gasteiger partial charge in [0.25, 0.3) is 0 Å². The molecule has 0 N–H and O–H groups in total. The molecule has 9 rings (SSSR count). The minimum absolute atomic E-state index is 1.21. The summed E-state index contributed by atoms with van der Waals surface area (Å²) in [5.41, 5.74) is 10.1. The lowest BCUT2D eigenvalue weighted by atomic mass is 10.1. The van der Waals surface area contributed by atoms with Gasteiger partial charge in [0, 0.05) is 42.3 Å². The van der Waals surface area contributed by atoms with Crippen LogP contribution in [0.4, 0.5) is 0 Å². The third-order valence-electron chi connectivity index (χ3n) is 8.26. The molecule has 4 heteroatoms. The van der Waals surface area contributed by atoms with Gasteiger partial charge < -0.3 is 9.13 Å². The fourth-order valence-corrected chi connectivity index (χ4v) is 8.77. The van der Waals surface area contributed by atoms with Gasteiger partial charge in [-0.15, -0.1) is 22.7 Å². The molecule has 0 spiro atoms. The highest BCUT2D eigenvalue weighted by Crippen LogP contribution is 2.47. The zero-order valence-electron chi connectivity index (χ0n) is 22.1. The summed E-state index contributed by atoms with van der Waals surface area (Å²) in [5.74, 6) is 0. The number of hydrogen-bond donors (Lipinski definition) is 0. The van der Waals surface area contributed by atoms with Crippen molar-refractivity contribution in [3.63, 3.8) is 0 Å². The maximum Gasteiger partial charge on any atom is 0.0727 e. The lowest BCUT2D eigenvalue weighted by molar-refractivity contribution is 1.18. The van der Waals surface area contributed by atoms with Gasteiger partial charge in [0.1, 0.15) is 0 Å². The van der Waals surface area contributed by atoms with Gasteiger partial charge in [-0.3, -0.25) is 0 Å². The van der Waals surface area contributed by atoms with Gasteiger partial charge in [0.2, 0.25) is 0 Å². The molecular weight excluding hydrogens is 525 g/mol. The van der Waals surface area contributed by atoms with E-state index in [1.807, 2.05) is 22.7 Å². The Morgan fingerprint density at radius 1 is 0.450 bits per heavy atom. The number of aromatic nitrogens is 2. The Morgan fingerprint density at radius 2 is 0.850 bits per heavy atom. The van der Waals surface area contributed by atoms with E-state index in [-0.39, 0.29) is 0 Å². The van der Waals surface area contributed by atoms with Crippen molar-refractivity contribution in [2.75, 3.05) is 0 Å². The van der Waals surface area contributed by atoms with Crippen LogP contribution in [-0.2, 0) is 0 Å². The van der Waals surface area contributed by atoms with Crippen LogP contribution in [0, 0.1) is 13.8 Å².